The number of piperidine rings is 1. The van der Waals surface area contributed by atoms with E-state index in [0.717, 1.165) is 25.9 Å². The number of amides is 1. The Labute approximate surface area is 78.0 Å². The molecule has 0 aromatic heterocycles. The summed E-state index contributed by atoms with van der Waals surface area (Å²) in [5, 5.41) is 6.19. The third kappa shape index (κ3) is 1.69. The normalized spacial score (nSPS) is 33.0. The quantitative estimate of drug-likeness (QED) is 0.540. The molecule has 1 amide bonds. The lowest BCUT2D eigenvalue weighted by Crippen LogP contribution is -2.59. The summed E-state index contributed by atoms with van der Waals surface area (Å²) in [4.78, 5) is 11.2. The fraction of sp³-hybridized carbons (Fsp3) is 0.889. The number of nitrogens with one attached hydrogen (secondary N) is 2. The van der Waals surface area contributed by atoms with Gasteiger partial charge in [0.15, 0.2) is 0 Å². The van der Waals surface area contributed by atoms with Gasteiger partial charge in [-0.25, -0.2) is 0 Å². The number of hydrogen-bond acceptors (Lipinski definition) is 3. The summed E-state index contributed by atoms with van der Waals surface area (Å²) in [5.41, 5.74) is -0.0847. The van der Waals surface area contributed by atoms with E-state index in [1.807, 2.05) is 6.92 Å². The third-order valence-corrected chi connectivity index (χ3v) is 2.90. The predicted octanol–water partition coefficient (Wildman–Crippen LogP) is -0.356. The zero-order valence-electron chi connectivity index (χ0n) is 7.93. The highest BCUT2D eigenvalue weighted by molar-refractivity contribution is 5.81. The fourth-order valence-corrected chi connectivity index (χ4v) is 2.04. The SMILES string of the molecule is CC1OC2(CCNCC2)CNC1=O. The van der Waals surface area contributed by atoms with Crippen LogP contribution >= 0.6 is 0 Å². The van der Waals surface area contributed by atoms with Gasteiger partial charge in [0.05, 0.1) is 5.60 Å². The standard InChI is InChI=1S/C9H16N2O2/c1-7-8(12)11-6-9(13-7)2-4-10-5-3-9/h7,10H,2-6H2,1H3,(H,11,12). The Hall–Kier alpha value is -0.610. The molecule has 2 saturated heterocycles. The van der Waals surface area contributed by atoms with Crippen LogP contribution in [0.1, 0.15) is 19.8 Å². The minimum absolute atomic E-state index is 0.0177. The number of carbonyl (C=O) groups excluding carboxylic acids is 1. The molecule has 2 aliphatic rings. The average molecular weight is 184 g/mol. The first-order valence-electron chi connectivity index (χ1n) is 4.88. The Morgan fingerprint density at radius 2 is 2.15 bits per heavy atom. The van der Waals surface area contributed by atoms with Gasteiger partial charge in [-0.15, -0.1) is 0 Å². The third-order valence-electron chi connectivity index (χ3n) is 2.90. The Morgan fingerprint density at radius 1 is 1.46 bits per heavy atom. The predicted molar refractivity (Wildman–Crippen MR) is 48.4 cm³/mol. The van der Waals surface area contributed by atoms with Crippen molar-refractivity contribution in [2.75, 3.05) is 19.6 Å². The fourth-order valence-electron chi connectivity index (χ4n) is 2.04. The van der Waals surface area contributed by atoms with Crippen molar-refractivity contribution >= 4 is 5.91 Å². The summed E-state index contributed by atoms with van der Waals surface area (Å²) in [7, 11) is 0. The molecule has 13 heavy (non-hydrogen) atoms. The van der Waals surface area contributed by atoms with E-state index < -0.39 is 0 Å². The maximum absolute atomic E-state index is 11.2. The first kappa shape index (κ1) is 8.97. The maximum atomic E-state index is 11.2. The molecule has 2 aliphatic heterocycles. The van der Waals surface area contributed by atoms with Gasteiger partial charge in [0.2, 0.25) is 5.91 Å². The van der Waals surface area contributed by atoms with Crippen LogP contribution < -0.4 is 10.6 Å². The van der Waals surface area contributed by atoms with Gasteiger partial charge in [-0.05, 0) is 32.9 Å². The zero-order valence-corrected chi connectivity index (χ0v) is 7.93. The van der Waals surface area contributed by atoms with Crippen LogP contribution in [0, 0.1) is 0 Å². The van der Waals surface area contributed by atoms with Crippen LogP contribution in [0.15, 0.2) is 0 Å². The van der Waals surface area contributed by atoms with Crippen LogP contribution in [0.2, 0.25) is 0 Å². The molecule has 0 aliphatic carbocycles. The zero-order chi connectivity index (χ0) is 9.31. The van der Waals surface area contributed by atoms with E-state index in [0.29, 0.717) is 6.54 Å². The summed E-state index contributed by atoms with van der Waals surface area (Å²) in [5.74, 6) is 0.0177. The van der Waals surface area contributed by atoms with Crippen LogP contribution in [-0.4, -0.2) is 37.2 Å². The molecule has 2 N–H and O–H groups in total. The first-order valence-corrected chi connectivity index (χ1v) is 4.88. The molecule has 0 bridgehead atoms. The second-order valence-electron chi connectivity index (χ2n) is 3.91. The van der Waals surface area contributed by atoms with Crippen molar-refractivity contribution in [1.29, 1.82) is 0 Å². The Balaban J connectivity index is 2.02. The lowest BCUT2D eigenvalue weighted by atomic mass is 9.90. The second kappa shape index (κ2) is 3.27. The highest BCUT2D eigenvalue weighted by Gasteiger charge is 2.39. The van der Waals surface area contributed by atoms with Gasteiger partial charge in [0.25, 0.3) is 0 Å². The molecule has 1 unspecified atom stereocenters. The molecule has 1 atom stereocenters. The molecule has 74 valence electrons. The average Bonchev–Trinajstić information content (AvgIpc) is 2.14. The van der Waals surface area contributed by atoms with Crippen molar-refractivity contribution in [3.05, 3.63) is 0 Å². The lowest BCUT2D eigenvalue weighted by Gasteiger charge is -2.42. The Kier molecular flexibility index (Phi) is 2.26. The van der Waals surface area contributed by atoms with Gasteiger partial charge in [-0.1, -0.05) is 0 Å². The molecule has 2 fully saturated rings. The number of ether oxygens (including phenoxy) is 1. The summed E-state index contributed by atoms with van der Waals surface area (Å²) >= 11 is 0. The van der Waals surface area contributed by atoms with Crippen molar-refractivity contribution in [1.82, 2.24) is 10.6 Å². The molecule has 0 aromatic rings. The Bertz CT molecular complexity index is 212. The monoisotopic (exact) mass is 184 g/mol. The van der Waals surface area contributed by atoms with E-state index >= 15 is 0 Å². The molecule has 1 spiro atoms. The second-order valence-corrected chi connectivity index (χ2v) is 3.91. The van der Waals surface area contributed by atoms with E-state index in [9.17, 15) is 4.79 Å². The van der Waals surface area contributed by atoms with Crippen molar-refractivity contribution in [3.63, 3.8) is 0 Å². The summed E-state index contributed by atoms with van der Waals surface area (Å²) in [6, 6.07) is 0. The lowest BCUT2D eigenvalue weighted by molar-refractivity contribution is -0.163. The van der Waals surface area contributed by atoms with Gasteiger partial charge in [0, 0.05) is 6.54 Å². The van der Waals surface area contributed by atoms with Gasteiger partial charge in [-0.2, -0.15) is 0 Å². The summed E-state index contributed by atoms with van der Waals surface area (Å²) < 4.78 is 5.77. The molecular formula is C9H16N2O2. The number of morpholine rings is 1. The molecule has 0 radical (unpaired) electrons. The molecule has 4 nitrogen and oxygen atoms in total. The van der Waals surface area contributed by atoms with Crippen molar-refractivity contribution in [2.45, 2.75) is 31.5 Å². The van der Waals surface area contributed by atoms with E-state index in [4.69, 9.17) is 4.74 Å². The van der Waals surface area contributed by atoms with Crippen LogP contribution in [0.3, 0.4) is 0 Å². The van der Waals surface area contributed by atoms with Gasteiger partial charge in [0.1, 0.15) is 6.10 Å². The number of rotatable bonds is 0. The molecule has 0 aromatic carbocycles. The molecule has 4 heteroatoms. The number of carbonyl (C=O) groups is 1. The van der Waals surface area contributed by atoms with Gasteiger partial charge >= 0.3 is 0 Å². The minimum atomic E-state index is -0.285. The first-order chi connectivity index (χ1) is 6.22. The topological polar surface area (TPSA) is 50.4 Å². The van der Waals surface area contributed by atoms with Crippen molar-refractivity contribution in [3.8, 4) is 0 Å². The Morgan fingerprint density at radius 3 is 2.77 bits per heavy atom. The van der Waals surface area contributed by atoms with Crippen molar-refractivity contribution < 1.29 is 9.53 Å². The van der Waals surface area contributed by atoms with E-state index in [2.05, 4.69) is 10.6 Å². The van der Waals surface area contributed by atoms with Crippen LogP contribution in [0.25, 0.3) is 0 Å². The molecule has 2 rings (SSSR count). The highest BCUT2D eigenvalue weighted by Crippen LogP contribution is 2.26. The molecule has 0 saturated carbocycles. The highest BCUT2D eigenvalue weighted by atomic mass is 16.5. The van der Waals surface area contributed by atoms with Crippen LogP contribution in [-0.2, 0) is 9.53 Å². The van der Waals surface area contributed by atoms with E-state index in [1.165, 1.54) is 0 Å². The van der Waals surface area contributed by atoms with Gasteiger partial charge < -0.3 is 15.4 Å². The van der Waals surface area contributed by atoms with Crippen LogP contribution in [0.4, 0.5) is 0 Å². The summed E-state index contributed by atoms with van der Waals surface area (Å²) in [6.07, 6.45) is 1.71. The van der Waals surface area contributed by atoms with E-state index in [1.54, 1.807) is 0 Å². The largest absolute Gasteiger partial charge is 0.360 e. The van der Waals surface area contributed by atoms with E-state index in [-0.39, 0.29) is 17.6 Å². The minimum Gasteiger partial charge on any atom is -0.360 e. The van der Waals surface area contributed by atoms with Crippen molar-refractivity contribution in [2.24, 2.45) is 0 Å². The molecule has 2 heterocycles. The molecular weight excluding hydrogens is 168 g/mol. The smallest absolute Gasteiger partial charge is 0.248 e. The summed E-state index contributed by atoms with van der Waals surface area (Å²) in [6.45, 7) is 4.47. The maximum Gasteiger partial charge on any atom is 0.248 e. The van der Waals surface area contributed by atoms with Gasteiger partial charge in [-0.3, -0.25) is 4.79 Å². The number of hydrogen-bond donors (Lipinski definition) is 2. The van der Waals surface area contributed by atoms with Crippen LogP contribution in [0.5, 0.6) is 0 Å².